The lowest BCUT2D eigenvalue weighted by Crippen LogP contribution is -2.43. The van der Waals surface area contributed by atoms with Gasteiger partial charge in [0.1, 0.15) is 6.54 Å². The molecule has 0 fully saturated rings. The lowest BCUT2D eigenvalue weighted by molar-refractivity contribution is -0.142. The van der Waals surface area contributed by atoms with Crippen LogP contribution in [-0.4, -0.2) is 39.9 Å². The van der Waals surface area contributed by atoms with Crippen molar-refractivity contribution in [3.63, 3.8) is 0 Å². The largest absolute Gasteiger partial charge is 0.406 e. The summed E-state index contributed by atoms with van der Waals surface area (Å²) in [6.45, 7) is 3.75. The minimum Gasteiger partial charge on any atom is -0.328 e. The molecule has 1 aromatic heterocycles. The average molecular weight is 415 g/mol. The van der Waals surface area contributed by atoms with Gasteiger partial charge in [0.2, 0.25) is 0 Å². The van der Waals surface area contributed by atoms with E-state index in [0.717, 1.165) is 17.0 Å². The summed E-state index contributed by atoms with van der Waals surface area (Å²) in [4.78, 5) is 13.8. The van der Waals surface area contributed by atoms with E-state index < -0.39 is 35.7 Å². The van der Waals surface area contributed by atoms with Crippen LogP contribution in [0.15, 0.2) is 18.2 Å². The van der Waals surface area contributed by atoms with Gasteiger partial charge in [0.15, 0.2) is 17.3 Å². The van der Waals surface area contributed by atoms with E-state index in [0.29, 0.717) is 30.5 Å². The van der Waals surface area contributed by atoms with Crippen LogP contribution < -0.4 is 0 Å². The zero-order chi connectivity index (χ0) is 21.6. The molecule has 3 rings (SSSR count). The first-order valence-corrected chi connectivity index (χ1v) is 9.28. The van der Waals surface area contributed by atoms with E-state index in [1.165, 1.54) is 10.7 Å². The third-order valence-corrected chi connectivity index (χ3v) is 4.60. The Morgan fingerprint density at radius 1 is 1.10 bits per heavy atom. The van der Waals surface area contributed by atoms with Gasteiger partial charge in [-0.1, -0.05) is 20.8 Å². The lowest BCUT2D eigenvalue weighted by Gasteiger charge is -2.30. The van der Waals surface area contributed by atoms with Crippen LogP contribution in [0.2, 0.25) is 0 Å². The third kappa shape index (κ3) is 4.76. The number of amides is 1. The molecule has 1 aliphatic carbocycles. The molecular weight excluding hydrogens is 393 g/mol. The third-order valence-electron chi connectivity index (χ3n) is 4.60. The molecule has 1 aromatic carbocycles. The topological polar surface area (TPSA) is 38.1 Å². The van der Waals surface area contributed by atoms with Crippen molar-refractivity contribution in [2.75, 3.05) is 13.1 Å². The Kier molecular flexibility index (Phi) is 5.44. The number of carbonyl (C=O) groups excluding carboxylic acids is 1. The molecule has 0 aliphatic heterocycles. The number of hydrogen-bond acceptors (Lipinski definition) is 2. The van der Waals surface area contributed by atoms with Crippen molar-refractivity contribution in [3.8, 4) is 5.69 Å². The minimum atomic E-state index is -4.55. The van der Waals surface area contributed by atoms with Crippen molar-refractivity contribution in [3.05, 3.63) is 46.8 Å². The van der Waals surface area contributed by atoms with Gasteiger partial charge in [-0.05, 0) is 36.8 Å². The van der Waals surface area contributed by atoms with Gasteiger partial charge in [0.25, 0.3) is 5.91 Å². The van der Waals surface area contributed by atoms with Crippen molar-refractivity contribution >= 4 is 5.91 Å². The van der Waals surface area contributed by atoms with Gasteiger partial charge < -0.3 is 4.90 Å². The maximum Gasteiger partial charge on any atom is 0.406 e. The van der Waals surface area contributed by atoms with Crippen LogP contribution in [0.1, 0.15) is 48.9 Å². The molecule has 0 N–H and O–H groups in total. The fraction of sp³-hybridized carbons (Fsp3) is 0.500. The summed E-state index contributed by atoms with van der Waals surface area (Å²) in [6.07, 6.45) is -2.80. The molecule has 1 heterocycles. The summed E-state index contributed by atoms with van der Waals surface area (Å²) in [7, 11) is 0. The number of nitrogens with zero attached hydrogens (tertiary/aromatic N) is 3. The summed E-state index contributed by atoms with van der Waals surface area (Å²) in [5.74, 6) is -2.89. The maximum absolute atomic E-state index is 13.7. The number of aromatic nitrogens is 2. The van der Waals surface area contributed by atoms with Crippen LogP contribution in [0.4, 0.5) is 22.0 Å². The average Bonchev–Trinajstić information content (AvgIpc) is 3.16. The minimum absolute atomic E-state index is 0.0595. The summed E-state index contributed by atoms with van der Waals surface area (Å²) in [5.41, 5.74) is 0.824. The molecule has 29 heavy (non-hydrogen) atoms. The van der Waals surface area contributed by atoms with Gasteiger partial charge in [-0.15, -0.1) is 0 Å². The van der Waals surface area contributed by atoms with Crippen LogP contribution >= 0.6 is 0 Å². The molecule has 1 aliphatic rings. The van der Waals surface area contributed by atoms with E-state index in [2.05, 4.69) is 5.10 Å². The number of fused-ring (bicyclic) bond motifs is 1. The van der Waals surface area contributed by atoms with E-state index in [9.17, 15) is 26.7 Å². The molecule has 0 radical (unpaired) electrons. The van der Waals surface area contributed by atoms with Gasteiger partial charge in [-0.3, -0.25) is 4.79 Å². The van der Waals surface area contributed by atoms with Crippen LogP contribution in [0, 0.1) is 17.0 Å². The SMILES string of the molecule is CC(C)(C)CN(CC(F)(F)F)C(=O)c1nn(-c2ccc(F)c(F)c2)c2c1CCC2. The van der Waals surface area contributed by atoms with Crippen molar-refractivity contribution in [1.29, 1.82) is 0 Å². The molecule has 4 nitrogen and oxygen atoms in total. The second kappa shape index (κ2) is 7.42. The molecule has 0 bridgehead atoms. The predicted molar refractivity (Wildman–Crippen MR) is 96.9 cm³/mol. The number of alkyl halides is 3. The van der Waals surface area contributed by atoms with Gasteiger partial charge in [-0.25, -0.2) is 13.5 Å². The zero-order valence-corrected chi connectivity index (χ0v) is 16.4. The number of benzene rings is 1. The van der Waals surface area contributed by atoms with Crippen molar-refractivity contribution in [2.24, 2.45) is 5.41 Å². The van der Waals surface area contributed by atoms with Crippen molar-refractivity contribution in [1.82, 2.24) is 14.7 Å². The quantitative estimate of drug-likeness (QED) is 0.680. The maximum atomic E-state index is 13.7. The fourth-order valence-corrected chi connectivity index (χ4v) is 3.58. The fourth-order valence-electron chi connectivity index (χ4n) is 3.58. The number of carbonyl (C=O) groups is 1. The van der Waals surface area contributed by atoms with E-state index in [1.54, 1.807) is 20.8 Å². The Balaban J connectivity index is 2.03. The van der Waals surface area contributed by atoms with Crippen LogP contribution in [-0.2, 0) is 12.8 Å². The van der Waals surface area contributed by atoms with Crippen molar-refractivity contribution < 1.29 is 26.7 Å². The first-order chi connectivity index (χ1) is 13.4. The van der Waals surface area contributed by atoms with E-state index >= 15 is 0 Å². The molecule has 2 aromatic rings. The van der Waals surface area contributed by atoms with E-state index in [4.69, 9.17) is 0 Å². The van der Waals surface area contributed by atoms with Gasteiger partial charge >= 0.3 is 6.18 Å². The Bertz CT molecular complexity index is 911. The molecule has 0 atom stereocenters. The van der Waals surface area contributed by atoms with Crippen molar-refractivity contribution in [2.45, 2.75) is 46.2 Å². The summed E-state index contributed by atoms with van der Waals surface area (Å²) in [5, 5.41) is 4.22. The lowest BCUT2D eigenvalue weighted by atomic mass is 9.95. The Morgan fingerprint density at radius 2 is 1.79 bits per heavy atom. The Morgan fingerprint density at radius 3 is 2.38 bits per heavy atom. The molecule has 9 heteroatoms. The van der Waals surface area contributed by atoms with Crippen LogP contribution in [0.5, 0.6) is 0 Å². The first-order valence-electron chi connectivity index (χ1n) is 9.28. The molecule has 158 valence electrons. The van der Waals surface area contributed by atoms with Gasteiger partial charge in [0.05, 0.1) is 5.69 Å². The Labute approximate surface area is 165 Å². The highest BCUT2D eigenvalue weighted by Gasteiger charge is 2.37. The molecule has 0 unspecified atom stereocenters. The highest BCUT2D eigenvalue weighted by atomic mass is 19.4. The molecule has 0 saturated heterocycles. The molecule has 1 amide bonds. The highest BCUT2D eigenvalue weighted by Crippen LogP contribution is 2.30. The second-order valence-electron chi connectivity index (χ2n) is 8.47. The smallest absolute Gasteiger partial charge is 0.328 e. The molecular formula is C20H22F5N3O. The monoisotopic (exact) mass is 415 g/mol. The van der Waals surface area contributed by atoms with Crippen LogP contribution in [0.3, 0.4) is 0 Å². The zero-order valence-electron chi connectivity index (χ0n) is 16.4. The van der Waals surface area contributed by atoms with E-state index in [1.807, 2.05) is 0 Å². The van der Waals surface area contributed by atoms with Gasteiger partial charge in [-0.2, -0.15) is 18.3 Å². The number of halogens is 5. The summed E-state index contributed by atoms with van der Waals surface area (Å²) in [6, 6.07) is 3.23. The van der Waals surface area contributed by atoms with Gasteiger partial charge in [0, 0.05) is 23.9 Å². The molecule has 0 spiro atoms. The highest BCUT2D eigenvalue weighted by molar-refractivity contribution is 5.94. The second-order valence-corrected chi connectivity index (χ2v) is 8.47. The predicted octanol–water partition coefficient (Wildman–Crippen LogP) is 4.69. The first kappa shape index (κ1) is 21.3. The summed E-state index contributed by atoms with van der Waals surface area (Å²) < 4.78 is 67.5. The molecule has 0 saturated carbocycles. The Hall–Kier alpha value is -2.45. The normalized spacial score (nSPS) is 14.2. The standard InChI is InChI=1S/C20H22F5N3O/c1-19(2,3)10-27(11-20(23,24)25)18(29)17-13-5-4-6-16(13)28(26-17)12-7-8-14(21)15(22)9-12/h7-9H,4-6,10-11H2,1-3H3. The number of rotatable bonds is 4. The van der Waals surface area contributed by atoms with Crippen LogP contribution in [0.25, 0.3) is 5.69 Å². The summed E-state index contributed by atoms with van der Waals surface area (Å²) >= 11 is 0. The number of hydrogen-bond donors (Lipinski definition) is 0. The van der Waals surface area contributed by atoms with E-state index in [-0.39, 0.29) is 17.9 Å².